The van der Waals surface area contributed by atoms with Crippen LogP contribution in [0.4, 0.5) is 36.4 Å². The average Bonchev–Trinajstić information content (AvgIpc) is 3.37. The van der Waals surface area contributed by atoms with Crippen LogP contribution in [0.3, 0.4) is 0 Å². The highest BCUT2D eigenvalue weighted by molar-refractivity contribution is 7.92. The minimum atomic E-state index is -4.94. The third kappa shape index (κ3) is 6.52. The van der Waals surface area contributed by atoms with Gasteiger partial charge < -0.3 is 10.1 Å². The number of anilines is 1. The Balaban J connectivity index is 1.51. The van der Waals surface area contributed by atoms with E-state index in [0.717, 1.165) is 33.4 Å². The lowest BCUT2D eigenvalue weighted by Gasteiger charge is -2.36. The largest absolute Gasteiger partial charge is 0.484 e. The molecule has 0 saturated heterocycles. The van der Waals surface area contributed by atoms with Crippen LogP contribution in [0.25, 0.3) is 0 Å². The minimum absolute atomic E-state index is 0.105. The summed E-state index contributed by atoms with van der Waals surface area (Å²) in [4.78, 5) is 12.0. The summed E-state index contributed by atoms with van der Waals surface area (Å²) in [5.74, 6) is -2.36. The van der Waals surface area contributed by atoms with Gasteiger partial charge in [-0.3, -0.25) is 13.8 Å². The molecule has 0 bridgehead atoms. The van der Waals surface area contributed by atoms with Crippen LogP contribution in [0.2, 0.25) is 0 Å². The zero-order valence-corrected chi connectivity index (χ0v) is 24.5. The fraction of sp³-hybridized carbons (Fsp3) is 0.286. The third-order valence-corrected chi connectivity index (χ3v) is 9.14. The van der Waals surface area contributed by atoms with Gasteiger partial charge in [-0.1, -0.05) is 42.0 Å². The van der Waals surface area contributed by atoms with Gasteiger partial charge in [-0.05, 0) is 42.0 Å². The molecule has 5 rings (SSSR count). The molecular weight excluding hydrogens is 657 g/mol. The number of carbonyl (C=O) groups excluding carboxylic acids is 1. The molecule has 1 N–H and O–H groups in total. The van der Waals surface area contributed by atoms with Crippen LogP contribution in [0.15, 0.2) is 77.9 Å². The van der Waals surface area contributed by atoms with Crippen molar-refractivity contribution in [1.82, 2.24) is 15.1 Å². The van der Waals surface area contributed by atoms with Gasteiger partial charge in [-0.25, -0.2) is 12.8 Å². The zero-order valence-electron chi connectivity index (χ0n) is 22.9. The highest BCUT2D eigenvalue weighted by Crippen LogP contribution is 2.45. The molecule has 0 radical (unpaired) electrons. The maximum atomic E-state index is 15.1. The maximum Gasteiger partial charge on any atom is 0.435 e. The van der Waals surface area contributed by atoms with Crippen molar-refractivity contribution in [2.45, 2.75) is 34.4 Å². The van der Waals surface area contributed by atoms with Crippen LogP contribution >= 0.6 is 11.6 Å². The lowest BCUT2D eigenvalue weighted by atomic mass is 9.90. The van der Waals surface area contributed by atoms with Gasteiger partial charge in [0, 0.05) is 13.2 Å². The quantitative estimate of drug-likeness (QED) is 0.257. The summed E-state index contributed by atoms with van der Waals surface area (Å²) >= 11 is 6.03. The third-order valence-electron chi connectivity index (χ3n) is 7.00. The summed E-state index contributed by atoms with van der Waals surface area (Å²) in [6.07, 6.45) is -4.71. The number of amides is 1. The first-order valence-corrected chi connectivity index (χ1v) is 14.8. The predicted octanol–water partition coefficient (Wildman–Crippen LogP) is 5.96. The number of aromatic nitrogens is 2. The van der Waals surface area contributed by atoms with Crippen LogP contribution in [0.1, 0.15) is 33.1 Å². The van der Waals surface area contributed by atoms with E-state index in [1.165, 1.54) is 43.5 Å². The first-order valence-electron chi connectivity index (χ1n) is 13.0. The normalized spacial score (nSPS) is 21.8. The molecule has 0 saturated carbocycles. The number of alkyl halides is 8. The molecule has 45 heavy (non-hydrogen) atoms. The molecule has 8 nitrogen and oxygen atoms in total. The molecule has 1 aliphatic heterocycles. The van der Waals surface area contributed by atoms with Crippen molar-refractivity contribution < 1.29 is 48.7 Å². The number of aryl methyl sites for hydroxylation is 1. The number of hydrogen-bond acceptors (Lipinski definition) is 5. The lowest BCUT2D eigenvalue weighted by molar-refractivity contribution is -0.141. The molecule has 0 fully saturated rings. The Morgan fingerprint density at radius 2 is 1.84 bits per heavy atom. The SMILES string of the molecule is Cn1cc(C(=O)NC[C@H]2CN(S(=O)(=O)c3cccc(C(F)(F)F)c3)c3cc(C4C=CC=CC4(F)Cl)ccc3O2)c(C(F)(F)F)n1. The second kappa shape index (κ2) is 11.4. The van der Waals surface area contributed by atoms with E-state index in [1.807, 2.05) is 0 Å². The number of halogens is 8. The van der Waals surface area contributed by atoms with Gasteiger partial charge in [0.15, 0.2) is 5.69 Å². The highest BCUT2D eigenvalue weighted by Gasteiger charge is 2.41. The Labute approximate surface area is 256 Å². The standard InChI is InChI=1S/C28H22ClF7N4O4S/c1-39-15-20(24(38-39)28(34,35)36)25(41)37-13-18-14-40(45(42,43)19-6-4-5-17(12-19)27(31,32)33)22-11-16(8-9-23(22)44-18)21-7-2-3-10-26(21,29)30/h2-12,15,18,21H,13-14H2,1H3,(H,37,41)/t18-,21?,26?/m0/s1. The second-order valence-corrected chi connectivity index (χ2v) is 12.6. The Kier molecular flexibility index (Phi) is 8.19. The maximum absolute atomic E-state index is 15.1. The molecule has 2 heterocycles. The summed E-state index contributed by atoms with van der Waals surface area (Å²) in [5.41, 5.74) is -3.40. The van der Waals surface area contributed by atoms with E-state index in [9.17, 15) is 39.6 Å². The van der Waals surface area contributed by atoms with E-state index in [1.54, 1.807) is 0 Å². The Morgan fingerprint density at radius 1 is 1.11 bits per heavy atom. The van der Waals surface area contributed by atoms with E-state index in [0.29, 0.717) is 12.1 Å². The number of allylic oxidation sites excluding steroid dienone is 4. The van der Waals surface area contributed by atoms with Crippen molar-refractivity contribution >= 4 is 33.2 Å². The minimum Gasteiger partial charge on any atom is -0.484 e. The van der Waals surface area contributed by atoms with E-state index >= 15 is 4.39 Å². The molecule has 1 amide bonds. The van der Waals surface area contributed by atoms with Crippen molar-refractivity contribution in [3.05, 3.63) is 95.3 Å². The van der Waals surface area contributed by atoms with Crippen molar-refractivity contribution in [3.63, 3.8) is 0 Å². The number of fused-ring (bicyclic) bond motifs is 1. The number of ether oxygens (including phenoxy) is 1. The molecule has 0 spiro atoms. The zero-order chi connectivity index (χ0) is 32.9. The van der Waals surface area contributed by atoms with Gasteiger partial charge in [0.25, 0.3) is 15.9 Å². The van der Waals surface area contributed by atoms with Gasteiger partial charge >= 0.3 is 12.4 Å². The highest BCUT2D eigenvalue weighted by atomic mass is 35.5. The number of sulfonamides is 1. The monoisotopic (exact) mass is 678 g/mol. The van der Waals surface area contributed by atoms with Crippen LogP contribution in [0, 0.1) is 0 Å². The van der Waals surface area contributed by atoms with Crippen molar-refractivity contribution in [3.8, 4) is 5.75 Å². The van der Waals surface area contributed by atoms with Crippen LogP contribution < -0.4 is 14.4 Å². The number of carbonyl (C=O) groups is 1. The Bertz CT molecular complexity index is 1800. The second-order valence-electron chi connectivity index (χ2n) is 10.2. The first-order chi connectivity index (χ1) is 20.9. The fourth-order valence-corrected chi connectivity index (χ4v) is 6.72. The van der Waals surface area contributed by atoms with Crippen LogP contribution in [0.5, 0.6) is 5.75 Å². The van der Waals surface area contributed by atoms with E-state index in [4.69, 9.17) is 16.3 Å². The summed E-state index contributed by atoms with van der Waals surface area (Å²) in [7, 11) is -3.57. The van der Waals surface area contributed by atoms with Gasteiger partial charge in [0.05, 0.1) is 40.7 Å². The molecule has 1 aliphatic carbocycles. The first kappa shape index (κ1) is 32.3. The molecule has 2 aliphatic rings. The number of nitrogens with one attached hydrogen (secondary N) is 1. The topological polar surface area (TPSA) is 93.5 Å². The number of benzene rings is 2. The van der Waals surface area contributed by atoms with E-state index in [2.05, 4.69) is 10.4 Å². The molecule has 1 aromatic heterocycles. The molecule has 2 aromatic carbocycles. The van der Waals surface area contributed by atoms with Gasteiger partial charge in [-0.2, -0.15) is 31.4 Å². The van der Waals surface area contributed by atoms with Gasteiger partial charge in [0.1, 0.15) is 11.9 Å². The lowest BCUT2D eigenvalue weighted by Crippen LogP contribution is -2.48. The van der Waals surface area contributed by atoms with Crippen molar-refractivity contribution in [1.29, 1.82) is 0 Å². The molecule has 17 heteroatoms. The summed E-state index contributed by atoms with van der Waals surface area (Å²) in [6, 6.07) is 7.00. The Hall–Kier alpha value is -4.05. The predicted molar refractivity (Wildman–Crippen MR) is 148 cm³/mol. The molecule has 3 atom stereocenters. The summed E-state index contributed by atoms with van der Waals surface area (Å²) in [5, 5.41) is 3.16. The number of hydrogen-bond donors (Lipinski definition) is 1. The number of rotatable bonds is 6. The molecule has 2 unspecified atom stereocenters. The molecule has 3 aromatic rings. The van der Waals surface area contributed by atoms with Gasteiger partial charge in [0.2, 0.25) is 5.13 Å². The van der Waals surface area contributed by atoms with E-state index < -0.39 is 80.2 Å². The van der Waals surface area contributed by atoms with Crippen LogP contribution in [-0.4, -0.2) is 48.4 Å². The Morgan fingerprint density at radius 3 is 2.51 bits per heavy atom. The van der Waals surface area contributed by atoms with Crippen LogP contribution in [-0.2, 0) is 29.4 Å². The summed E-state index contributed by atoms with van der Waals surface area (Å²) < 4.78 is 131. The van der Waals surface area contributed by atoms with E-state index in [-0.39, 0.29) is 17.0 Å². The summed E-state index contributed by atoms with van der Waals surface area (Å²) in [6.45, 7) is -1.09. The van der Waals surface area contributed by atoms with Crippen molar-refractivity contribution in [2.24, 2.45) is 7.05 Å². The molecular formula is C28H22ClF7N4O4S. The average molecular weight is 679 g/mol. The van der Waals surface area contributed by atoms with Crippen molar-refractivity contribution in [2.75, 3.05) is 17.4 Å². The number of nitrogens with zero attached hydrogens (tertiary/aromatic N) is 3. The fourth-order valence-electron chi connectivity index (χ4n) is 4.91. The molecule has 240 valence electrons. The smallest absolute Gasteiger partial charge is 0.435 e. The van der Waals surface area contributed by atoms with Gasteiger partial charge in [-0.15, -0.1) is 0 Å².